The first-order valence-electron chi connectivity index (χ1n) is 9.39. The Hall–Kier alpha value is -2.82. The van der Waals surface area contributed by atoms with Crippen molar-refractivity contribution in [2.45, 2.75) is 25.7 Å². The maximum absolute atomic E-state index is 12.9. The number of rotatable bonds is 5. The number of ether oxygens (including phenoxy) is 1. The van der Waals surface area contributed by atoms with Gasteiger partial charge in [-0.1, -0.05) is 0 Å². The second-order valence-electron chi connectivity index (χ2n) is 7.08. The first-order chi connectivity index (χ1) is 13.1. The Bertz CT molecular complexity index is 962. The average Bonchev–Trinajstić information content (AvgIpc) is 3.06. The molecule has 1 aromatic heterocycles. The highest BCUT2D eigenvalue weighted by Crippen LogP contribution is 2.29. The fourth-order valence-corrected chi connectivity index (χ4v) is 3.69. The summed E-state index contributed by atoms with van der Waals surface area (Å²) >= 11 is 0. The highest BCUT2D eigenvalue weighted by atomic mass is 19.1. The number of carbonyl (C=O) groups excluding carboxylic acids is 1. The van der Waals surface area contributed by atoms with E-state index in [9.17, 15) is 9.18 Å². The quantitative estimate of drug-likeness (QED) is 0.730. The Morgan fingerprint density at radius 3 is 2.74 bits per heavy atom. The largest absolute Gasteiger partial charge is 0.492 e. The number of aryl methyl sites for hydroxylation is 2. The van der Waals surface area contributed by atoms with Crippen molar-refractivity contribution in [1.29, 1.82) is 0 Å². The molecule has 0 unspecified atom stereocenters. The summed E-state index contributed by atoms with van der Waals surface area (Å²) in [5, 5.41) is 1.17. The van der Waals surface area contributed by atoms with Gasteiger partial charge in [0.05, 0.1) is 6.54 Å². The summed E-state index contributed by atoms with van der Waals surface area (Å²) in [5.41, 5.74) is 4.50. The lowest BCUT2D eigenvalue weighted by Gasteiger charge is -2.18. The lowest BCUT2D eigenvalue weighted by molar-refractivity contribution is 0.0774. The van der Waals surface area contributed by atoms with E-state index in [4.69, 9.17) is 4.74 Å². The van der Waals surface area contributed by atoms with Crippen molar-refractivity contribution in [3.63, 3.8) is 0 Å². The molecule has 0 fully saturated rings. The number of aromatic amines is 1. The Labute approximate surface area is 157 Å². The van der Waals surface area contributed by atoms with Crippen LogP contribution >= 0.6 is 0 Å². The molecule has 1 aliphatic carbocycles. The second-order valence-corrected chi connectivity index (χ2v) is 7.08. The van der Waals surface area contributed by atoms with Crippen LogP contribution in [0.1, 0.15) is 34.5 Å². The highest BCUT2D eigenvalue weighted by Gasteiger charge is 2.18. The van der Waals surface area contributed by atoms with Gasteiger partial charge >= 0.3 is 0 Å². The third kappa shape index (κ3) is 3.68. The molecule has 1 N–H and O–H groups in total. The van der Waals surface area contributed by atoms with E-state index in [0.717, 1.165) is 18.4 Å². The molecule has 1 amide bonds. The summed E-state index contributed by atoms with van der Waals surface area (Å²) in [5.74, 6) is 0.278. The fraction of sp³-hybridized carbons (Fsp3) is 0.318. The molecule has 0 bridgehead atoms. The zero-order chi connectivity index (χ0) is 18.8. The molecule has 0 radical (unpaired) electrons. The van der Waals surface area contributed by atoms with Crippen molar-refractivity contribution in [1.82, 2.24) is 9.88 Å². The van der Waals surface area contributed by atoms with Gasteiger partial charge in [-0.05, 0) is 73.7 Å². The number of nitrogens with one attached hydrogen (secondary N) is 1. The molecule has 0 aliphatic heterocycles. The summed E-state index contributed by atoms with van der Waals surface area (Å²) in [6.07, 6.45) is 4.60. The van der Waals surface area contributed by atoms with Gasteiger partial charge in [0.2, 0.25) is 0 Å². The number of hydrogen-bond acceptors (Lipinski definition) is 2. The predicted molar refractivity (Wildman–Crippen MR) is 104 cm³/mol. The van der Waals surface area contributed by atoms with Gasteiger partial charge < -0.3 is 14.6 Å². The molecule has 4 nitrogen and oxygen atoms in total. The molecular formula is C22H23FN2O2. The molecule has 1 heterocycles. The van der Waals surface area contributed by atoms with Gasteiger partial charge in [-0.25, -0.2) is 4.39 Å². The number of nitrogens with zero attached hydrogens (tertiary/aromatic N) is 1. The molecule has 0 spiro atoms. The summed E-state index contributed by atoms with van der Waals surface area (Å²) in [6, 6.07) is 11.8. The molecule has 27 heavy (non-hydrogen) atoms. The monoisotopic (exact) mass is 366 g/mol. The van der Waals surface area contributed by atoms with Crippen LogP contribution in [-0.2, 0) is 12.8 Å². The molecule has 0 saturated carbocycles. The van der Waals surface area contributed by atoms with Gasteiger partial charge in [-0.3, -0.25) is 4.79 Å². The van der Waals surface area contributed by atoms with Gasteiger partial charge in [0.25, 0.3) is 5.91 Å². The summed E-state index contributed by atoms with van der Waals surface area (Å²) in [7, 11) is 1.77. The summed E-state index contributed by atoms with van der Waals surface area (Å²) < 4.78 is 18.5. The van der Waals surface area contributed by atoms with Crippen LogP contribution in [0.15, 0.2) is 42.5 Å². The molecule has 0 saturated heterocycles. The van der Waals surface area contributed by atoms with Crippen molar-refractivity contribution < 1.29 is 13.9 Å². The SMILES string of the molecule is CN(CCOc1ccc(F)cc1)C(=O)c1ccc2[nH]c3c(c2c1)CCCC3. The zero-order valence-corrected chi connectivity index (χ0v) is 15.4. The first-order valence-corrected chi connectivity index (χ1v) is 9.39. The van der Waals surface area contributed by atoms with Crippen molar-refractivity contribution in [2.24, 2.45) is 0 Å². The zero-order valence-electron chi connectivity index (χ0n) is 15.4. The van der Waals surface area contributed by atoms with Crippen molar-refractivity contribution >= 4 is 16.8 Å². The molecule has 4 rings (SSSR count). The Morgan fingerprint density at radius 1 is 1.15 bits per heavy atom. The van der Waals surface area contributed by atoms with E-state index in [1.807, 2.05) is 18.2 Å². The Balaban J connectivity index is 1.42. The maximum atomic E-state index is 12.9. The summed E-state index contributed by atoms with van der Waals surface area (Å²) in [4.78, 5) is 17.9. The van der Waals surface area contributed by atoms with Gasteiger partial charge in [0.15, 0.2) is 0 Å². The molecule has 2 aromatic carbocycles. The first kappa shape index (κ1) is 17.6. The van der Waals surface area contributed by atoms with Crippen LogP contribution in [0.4, 0.5) is 4.39 Å². The standard InChI is InChI=1S/C22H23FN2O2/c1-25(12-13-27-17-9-7-16(23)8-10-17)22(26)15-6-11-21-19(14-15)18-4-2-3-5-20(18)24-21/h6-11,14,24H,2-5,12-13H2,1H3. The van der Waals surface area contributed by atoms with E-state index in [-0.39, 0.29) is 11.7 Å². The van der Waals surface area contributed by atoms with Crippen molar-refractivity contribution in [2.75, 3.05) is 20.2 Å². The number of halogens is 1. The van der Waals surface area contributed by atoms with Crippen LogP contribution in [0.25, 0.3) is 10.9 Å². The molecule has 140 valence electrons. The number of likely N-dealkylation sites (N-methyl/N-ethyl adjacent to an activating group) is 1. The van der Waals surface area contributed by atoms with Gasteiger partial charge in [0.1, 0.15) is 18.2 Å². The van der Waals surface area contributed by atoms with Crippen molar-refractivity contribution in [3.05, 3.63) is 65.1 Å². The molecule has 3 aromatic rings. The Morgan fingerprint density at radius 2 is 1.93 bits per heavy atom. The maximum Gasteiger partial charge on any atom is 0.253 e. The minimum Gasteiger partial charge on any atom is -0.492 e. The Kier molecular flexibility index (Phi) is 4.84. The van der Waals surface area contributed by atoms with Crippen LogP contribution in [0.5, 0.6) is 5.75 Å². The predicted octanol–water partition coefficient (Wildman–Crippen LogP) is 4.34. The topological polar surface area (TPSA) is 45.3 Å². The van der Waals surface area contributed by atoms with Crippen LogP contribution in [-0.4, -0.2) is 36.0 Å². The molecular weight excluding hydrogens is 343 g/mol. The summed E-state index contributed by atoms with van der Waals surface area (Å²) in [6.45, 7) is 0.815. The van der Waals surface area contributed by atoms with E-state index < -0.39 is 0 Å². The van der Waals surface area contributed by atoms with E-state index in [1.165, 1.54) is 41.6 Å². The molecule has 1 aliphatic rings. The molecule has 5 heteroatoms. The highest BCUT2D eigenvalue weighted by molar-refractivity contribution is 5.99. The van der Waals surface area contributed by atoms with Crippen LogP contribution in [0, 0.1) is 5.82 Å². The minimum absolute atomic E-state index is 0.0228. The van der Waals surface area contributed by atoms with E-state index in [1.54, 1.807) is 24.1 Å². The van der Waals surface area contributed by atoms with E-state index >= 15 is 0 Å². The third-order valence-electron chi connectivity index (χ3n) is 5.20. The van der Waals surface area contributed by atoms with Crippen LogP contribution in [0.3, 0.4) is 0 Å². The smallest absolute Gasteiger partial charge is 0.253 e. The number of benzene rings is 2. The second kappa shape index (κ2) is 7.43. The van der Waals surface area contributed by atoms with Gasteiger partial charge in [-0.15, -0.1) is 0 Å². The fourth-order valence-electron chi connectivity index (χ4n) is 3.69. The van der Waals surface area contributed by atoms with Gasteiger partial charge in [-0.2, -0.15) is 0 Å². The number of fused-ring (bicyclic) bond motifs is 3. The molecule has 0 atom stereocenters. The van der Waals surface area contributed by atoms with Crippen molar-refractivity contribution in [3.8, 4) is 5.75 Å². The van der Waals surface area contributed by atoms with E-state index in [2.05, 4.69) is 4.98 Å². The van der Waals surface area contributed by atoms with Gasteiger partial charge in [0, 0.05) is 29.2 Å². The number of amides is 1. The number of hydrogen-bond donors (Lipinski definition) is 1. The van der Waals surface area contributed by atoms with E-state index in [0.29, 0.717) is 24.5 Å². The third-order valence-corrected chi connectivity index (χ3v) is 5.20. The van der Waals surface area contributed by atoms with Crippen LogP contribution < -0.4 is 4.74 Å². The number of aromatic nitrogens is 1. The minimum atomic E-state index is -0.294. The van der Waals surface area contributed by atoms with Crippen LogP contribution in [0.2, 0.25) is 0 Å². The lowest BCUT2D eigenvalue weighted by atomic mass is 9.95. The number of H-pyrrole nitrogens is 1. The average molecular weight is 366 g/mol. The normalized spacial score (nSPS) is 13.4. The lowest BCUT2D eigenvalue weighted by Crippen LogP contribution is -2.30. The number of carbonyl (C=O) groups is 1.